The Hall–Kier alpha value is -3.83. The molecule has 5 heterocycles. The molecule has 6 rings (SSSR count). The highest BCUT2D eigenvalue weighted by Gasteiger charge is 2.39. The summed E-state index contributed by atoms with van der Waals surface area (Å²) in [7, 11) is 0.0919. The first kappa shape index (κ1) is 28.3. The molecular formula is C31H38N6O4S. The van der Waals surface area contributed by atoms with Crippen molar-refractivity contribution in [3.63, 3.8) is 0 Å². The first-order chi connectivity index (χ1) is 20.0. The zero-order valence-corrected chi connectivity index (χ0v) is 25.4. The molecule has 3 aliphatic rings. The van der Waals surface area contributed by atoms with E-state index in [0.29, 0.717) is 12.4 Å². The van der Waals surface area contributed by atoms with E-state index in [2.05, 4.69) is 27.5 Å². The van der Waals surface area contributed by atoms with Crippen molar-refractivity contribution in [3.8, 4) is 0 Å². The molecular weight excluding hydrogens is 552 g/mol. The highest BCUT2D eigenvalue weighted by Crippen LogP contribution is 2.38. The predicted molar refractivity (Wildman–Crippen MR) is 163 cm³/mol. The number of aliphatic carboxylic acids is 1. The molecule has 0 radical (unpaired) electrons. The number of nitrogens with zero attached hydrogens (tertiary/aromatic N) is 5. The molecule has 1 saturated heterocycles. The van der Waals surface area contributed by atoms with Gasteiger partial charge >= 0.3 is 5.97 Å². The molecule has 1 aromatic carbocycles. The molecule has 3 aliphatic heterocycles. The Balaban J connectivity index is 1.39. The van der Waals surface area contributed by atoms with Crippen LogP contribution in [0.5, 0.6) is 0 Å². The van der Waals surface area contributed by atoms with E-state index in [0.717, 1.165) is 65.3 Å². The lowest BCUT2D eigenvalue weighted by Gasteiger charge is -2.36. The third kappa shape index (κ3) is 4.94. The minimum Gasteiger partial charge on any atom is -0.481 e. The molecule has 2 N–H and O–H groups in total. The maximum absolute atomic E-state index is 14.0. The monoisotopic (exact) mass is 590 g/mol. The standard InChI is InChI=1S/C31H38N6O4S/c1-20-10-11-22(26(17-29(38)39)27-16-23-14-21(2)33-35(4)31(23)34(27)3)15-24(20)18-36-19-25-8-5-6-13-37(25)30-28(42(36,40)41)9-7-12-32-30/h7,9-12,14-16,25-26,33H,5-6,8,13,17-19H2,1-4H3,(H,38,39)/t25-,26?/m1/s1. The van der Waals surface area contributed by atoms with E-state index in [1.54, 1.807) is 22.6 Å². The number of nitrogens with one attached hydrogen (secondary N) is 1. The van der Waals surface area contributed by atoms with E-state index in [1.807, 2.05) is 55.7 Å². The van der Waals surface area contributed by atoms with Gasteiger partial charge in [0.2, 0.25) is 10.0 Å². The molecule has 0 aliphatic carbocycles. The number of hydrogen-bond acceptors (Lipinski definition) is 7. The van der Waals surface area contributed by atoms with Gasteiger partial charge in [-0.05, 0) is 74.1 Å². The maximum atomic E-state index is 14.0. The summed E-state index contributed by atoms with van der Waals surface area (Å²) in [6, 6.07) is 11.4. The van der Waals surface area contributed by atoms with Crippen LogP contribution in [0.3, 0.4) is 0 Å². The molecule has 2 aromatic heterocycles. The van der Waals surface area contributed by atoms with Crippen molar-refractivity contribution in [2.45, 2.75) is 62.9 Å². The van der Waals surface area contributed by atoms with Crippen molar-refractivity contribution in [2.24, 2.45) is 7.05 Å². The molecule has 3 aromatic rings. The van der Waals surface area contributed by atoms with Crippen LogP contribution in [-0.2, 0) is 28.4 Å². The summed E-state index contributed by atoms with van der Waals surface area (Å²) in [6.07, 6.45) is 6.63. The molecule has 0 spiro atoms. The maximum Gasteiger partial charge on any atom is 0.304 e. The highest BCUT2D eigenvalue weighted by molar-refractivity contribution is 7.89. The summed E-state index contributed by atoms with van der Waals surface area (Å²) in [4.78, 5) is 19.1. The molecule has 222 valence electrons. The van der Waals surface area contributed by atoms with Crippen LogP contribution in [0, 0.1) is 6.92 Å². The van der Waals surface area contributed by atoms with Gasteiger partial charge < -0.3 is 20.0 Å². The molecule has 42 heavy (non-hydrogen) atoms. The predicted octanol–water partition coefficient (Wildman–Crippen LogP) is 4.21. The van der Waals surface area contributed by atoms with E-state index >= 15 is 0 Å². The average Bonchev–Trinajstić information content (AvgIpc) is 3.24. The first-order valence-corrected chi connectivity index (χ1v) is 15.9. The molecule has 1 fully saturated rings. The van der Waals surface area contributed by atoms with Gasteiger partial charge in [0.1, 0.15) is 16.5 Å². The summed E-state index contributed by atoms with van der Waals surface area (Å²) in [6.45, 7) is 5.36. The number of hydrogen-bond donors (Lipinski definition) is 2. The molecule has 2 atom stereocenters. The summed E-state index contributed by atoms with van der Waals surface area (Å²) in [5.74, 6) is 0.196. The number of carbonyl (C=O) groups is 1. The van der Waals surface area contributed by atoms with Crippen LogP contribution in [0.15, 0.2) is 53.2 Å². The van der Waals surface area contributed by atoms with Crippen molar-refractivity contribution < 1.29 is 18.3 Å². The zero-order chi connectivity index (χ0) is 29.8. The number of fused-ring (bicyclic) bond motifs is 4. The van der Waals surface area contributed by atoms with Gasteiger partial charge in [-0.3, -0.25) is 9.80 Å². The normalized spacial score (nSPS) is 20.5. The summed E-state index contributed by atoms with van der Waals surface area (Å²) in [5, 5.41) is 11.9. The number of aryl methyl sites for hydroxylation is 1. The van der Waals surface area contributed by atoms with Gasteiger partial charge in [0.15, 0.2) is 0 Å². The Kier molecular flexibility index (Phi) is 7.26. The van der Waals surface area contributed by atoms with Crippen molar-refractivity contribution in [1.29, 1.82) is 0 Å². The van der Waals surface area contributed by atoms with Crippen LogP contribution in [0.25, 0.3) is 6.08 Å². The average molecular weight is 591 g/mol. The fourth-order valence-electron chi connectivity index (χ4n) is 6.81. The van der Waals surface area contributed by atoms with Gasteiger partial charge in [0, 0.05) is 68.8 Å². The second kappa shape index (κ2) is 10.8. The summed E-state index contributed by atoms with van der Waals surface area (Å²) >= 11 is 0. The van der Waals surface area contributed by atoms with Crippen LogP contribution < -0.4 is 15.3 Å². The largest absolute Gasteiger partial charge is 0.481 e. The van der Waals surface area contributed by atoms with Crippen LogP contribution >= 0.6 is 0 Å². The molecule has 0 saturated carbocycles. The highest BCUT2D eigenvalue weighted by atomic mass is 32.2. The zero-order valence-electron chi connectivity index (χ0n) is 24.5. The molecule has 0 amide bonds. The van der Waals surface area contributed by atoms with Crippen LogP contribution in [0.4, 0.5) is 11.6 Å². The quantitative estimate of drug-likeness (QED) is 0.439. The molecule has 10 nitrogen and oxygen atoms in total. The van der Waals surface area contributed by atoms with Gasteiger partial charge in [0.05, 0.1) is 6.42 Å². The second-order valence-electron chi connectivity index (χ2n) is 11.7. The fourth-order valence-corrected chi connectivity index (χ4v) is 8.41. The Bertz CT molecular complexity index is 1680. The van der Waals surface area contributed by atoms with E-state index in [4.69, 9.17) is 0 Å². The Morgan fingerprint density at radius 1 is 1.17 bits per heavy atom. The van der Waals surface area contributed by atoms with Crippen molar-refractivity contribution in [3.05, 3.63) is 76.2 Å². The molecule has 1 unspecified atom stereocenters. The number of rotatable bonds is 6. The molecule has 0 bridgehead atoms. The van der Waals surface area contributed by atoms with Gasteiger partial charge in [-0.2, -0.15) is 4.31 Å². The van der Waals surface area contributed by atoms with Crippen molar-refractivity contribution >= 4 is 33.7 Å². The number of pyridine rings is 1. The number of anilines is 2. The SMILES string of the molecule is CC1=Cc2cc(C(CC(=O)O)c3ccc(C)c(CN4C[C@H]5CCCCN5c5ncccc5S4(=O)=O)c3)n(C)c2N(C)N1. The minimum absolute atomic E-state index is 0.0599. The van der Waals surface area contributed by atoms with Gasteiger partial charge in [0.25, 0.3) is 0 Å². The van der Waals surface area contributed by atoms with E-state index in [1.165, 1.54) is 0 Å². The van der Waals surface area contributed by atoms with Crippen molar-refractivity contribution in [2.75, 3.05) is 30.0 Å². The van der Waals surface area contributed by atoms with Crippen molar-refractivity contribution in [1.82, 2.24) is 19.3 Å². The molecule has 11 heteroatoms. The topological polar surface area (TPSA) is 111 Å². The van der Waals surface area contributed by atoms with Gasteiger partial charge in [-0.15, -0.1) is 0 Å². The number of carboxylic acid groups (broad SMARTS) is 1. The third-order valence-corrected chi connectivity index (χ3v) is 10.7. The second-order valence-corrected chi connectivity index (χ2v) is 13.6. The number of piperidine rings is 1. The lowest BCUT2D eigenvalue weighted by Crippen LogP contribution is -2.45. The Labute approximate surface area is 247 Å². The Morgan fingerprint density at radius 3 is 2.76 bits per heavy atom. The van der Waals surface area contributed by atoms with Crippen LogP contribution in [0.2, 0.25) is 0 Å². The van der Waals surface area contributed by atoms with E-state index < -0.39 is 21.9 Å². The fraction of sp³-hybridized carbons (Fsp3) is 0.419. The summed E-state index contributed by atoms with van der Waals surface area (Å²) < 4.78 is 31.7. The van der Waals surface area contributed by atoms with Gasteiger partial charge in [-0.25, -0.2) is 13.4 Å². The van der Waals surface area contributed by atoms with Crippen LogP contribution in [-0.4, -0.2) is 59.5 Å². The van der Waals surface area contributed by atoms with Crippen LogP contribution in [0.1, 0.15) is 66.5 Å². The number of allylic oxidation sites excluding steroid dienone is 1. The summed E-state index contributed by atoms with van der Waals surface area (Å²) in [5.41, 5.74) is 8.89. The Morgan fingerprint density at radius 2 is 1.98 bits per heavy atom. The lowest BCUT2D eigenvalue weighted by atomic mass is 9.89. The number of hydrazine groups is 1. The number of sulfonamides is 1. The first-order valence-electron chi connectivity index (χ1n) is 14.5. The smallest absolute Gasteiger partial charge is 0.304 e. The van der Waals surface area contributed by atoms with E-state index in [-0.39, 0.29) is 23.9 Å². The lowest BCUT2D eigenvalue weighted by molar-refractivity contribution is -0.137. The number of carboxylic acids is 1. The number of aromatic nitrogens is 2. The van der Waals surface area contributed by atoms with Gasteiger partial charge in [-0.1, -0.05) is 18.2 Å². The van der Waals surface area contributed by atoms with E-state index in [9.17, 15) is 18.3 Å². The number of benzene rings is 1. The minimum atomic E-state index is -3.80. The third-order valence-electron chi connectivity index (χ3n) is 8.84.